The lowest BCUT2D eigenvalue weighted by Gasteiger charge is -2.24. The Morgan fingerprint density at radius 1 is 1.11 bits per heavy atom. The van der Waals surface area contributed by atoms with Crippen molar-refractivity contribution < 1.29 is 24.2 Å². The number of alkyl carbamates (subject to hydrolysis) is 1. The average Bonchev–Trinajstić information content (AvgIpc) is 2.68. The number of nitrogens with one attached hydrogen (secondary N) is 1. The van der Waals surface area contributed by atoms with Crippen molar-refractivity contribution in [2.75, 3.05) is 6.54 Å². The van der Waals surface area contributed by atoms with Gasteiger partial charge in [-0.15, -0.1) is 0 Å². The zero-order valence-corrected chi connectivity index (χ0v) is 17.4. The molecule has 158 valence electrons. The Balaban J connectivity index is 2.37. The average molecular weight is 394 g/mol. The van der Waals surface area contributed by atoms with E-state index in [0.717, 1.165) is 31.2 Å². The molecule has 0 saturated heterocycles. The van der Waals surface area contributed by atoms with Crippen molar-refractivity contribution in [2.24, 2.45) is 5.92 Å². The van der Waals surface area contributed by atoms with Gasteiger partial charge in [0, 0.05) is 6.54 Å². The van der Waals surface area contributed by atoms with E-state index in [1.807, 2.05) is 37.3 Å². The molecule has 1 amide bonds. The number of hydrogen-bond acceptors (Lipinski definition) is 4. The van der Waals surface area contributed by atoms with Gasteiger partial charge < -0.3 is 19.9 Å². The number of carbonyl (C=O) groups excluding carboxylic acids is 1. The van der Waals surface area contributed by atoms with Crippen molar-refractivity contribution in [1.29, 1.82) is 0 Å². The molecule has 28 heavy (non-hydrogen) atoms. The Morgan fingerprint density at radius 2 is 1.82 bits per heavy atom. The monoisotopic (exact) mass is 393 g/mol. The highest BCUT2D eigenvalue weighted by Gasteiger charge is 2.21. The van der Waals surface area contributed by atoms with Crippen molar-refractivity contribution in [3.8, 4) is 0 Å². The van der Waals surface area contributed by atoms with Crippen molar-refractivity contribution in [1.82, 2.24) is 5.32 Å². The normalized spacial score (nSPS) is 14.1. The number of benzene rings is 1. The maximum atomic E-state index is 11.9. The molecule has 3 atom stereocenters. The Labute approximate surface area is 168 Å². The van der Waals surface area contributed by atoms with E-state index in [1.165, 1.54) is 6.42 Å². The van der Waals surface area contributed by atoms with Gasteiger partial charge >= 0.3 is 12.1 Å². The van der Waals surface area contributed by atoms with Crippen LogP contribution in [-0.2, 0) is 20.9 Å². The van der Waals surface area contributed by atoms with Crippen molar-refractivity contribution in [2.45, 2.75) is 78.1 Å². The number of hydrogen-bond donors (Lipinski definition) is 2. The van der Waals surface area contributed by atoms with Gasteiger partial charge in [-0.1, -0.05) is 69.9 Å². The summed E-state index contributed by atoms with van der Waals surface area (Å²) in [5.74, 6) is -1.26. The molecule has 6 nitrogen and oxygen atoms in total. The molecule has 1 rings (SSSR count). The predicted octanol–water partition coefficient (Wildman–Crippen LogP) is 4.77. The predicted molar refractivity (Wildman–Crippen MR) is 109 cm³/mol. The lowest BCUT2D eigenvalue weighted by atomic mass is 9.99. The first-order chi connectivity index (χ1) is 13.4. The zero-order chi connectivity index (χ0) is 20.8. The Kier molecular flexibility index (Phi) is 12.0. The van der Waals surface area contributed by atoms with Crippen LogP contribution in [0.1, 0.15) is 64.9 Å². The molecule has 0 aliphatic heterocycles. The maximum absolute atomic E-state index is 11.9. The molecule has 0 aliphatic carbocycles. The Bertz CT molecular complexity index is 563. The fourth-order valence-electron chi connectivity index (χ4n) is 2.91. The second-order valence-corrected chi connectivity index (χ2v) is 7.34. The van der Waals surface area contributed by atoms with Crippen LogP contribution in [0.5, 0.6) is 0 Å². The molecule has 0 bridgehead atoms. The van der Waals surface area contributed by atoms with Crippen molar-refractivity contribution >= 4 is 12.1 Å². The van der Waals surface area contributed by atoms with Gasteiger partial charge in [-0.2, -0.15) is 0 Å². The lowest BCUT2D eigenvalue weighted by Crippen LogP contribution is -2.35. The number of carboxylic acid groups (broad SMARTS) is 1. The molecule has 0 aromatic heterocycles. The van der Waals surface area contributed by atoms with Gasteiger partial charge in [0.1, 0.15) is 6.61 Å². The Hall–Kier alpha value is -2.08. The standard InChI is InChI=1S/C22H35NO5/c1-4-5-6-10-13-20(14-17(2)21(24)25)28-18(3)15-23-22(26)27-16-19-11-8-7-9-12-19/h7-9,11-12,17-18,20H,4-6,10,13-16H2,1-3H3,(H,23,26)(H,24,25)/t17-,18+,20-/m1/s1. The van der Waals surface area contributed by atoms with Gasteiger partial charge in [-0.3, -0.25) is 4.79 Å². The third kappa shape index (κ3) is 10.9. The first-order valence-electron chi connectivity index (χ1n) is 10.2. The minimum atomic E-state index is -0.808. The summed E-state index contributed by atoms with van der Waals surface area (Å²) in [5, 5.41) is 11.9. The molecule has 0 aliphatic rings. The first-order valence-corrected chi connectivity index (χ1v) is 10.2. The van der Waals surface area contributed by atoms with E-state index in [1.54, 1.807) is 6.92 Å². The Morgan fingerprint density at radius 3 is 2.46 bits per heavy atom. The third-order valence-corrected chi connectivity index (χ3v) is 4.59. The van der Waals surface area contributed by atoms with Crippen LogP contribution in [0.25, 0.3) is 0 Å². The van der Waals surface area contributed by atoms with Gasteiger partial charge in [0.2, 0.25) is 0 Å². The summed E-state index contributed by atoms with van der Waals surface area (Å²) >= 11 is 0. The van der Waals surface area contributed by atoms with E-state index >= 15 is 0 Å². The highest BCUT2D eigenvalue weighted by atomic mass is 16.5. The molecule has 0 unspecified atom stereocenters. The molecule has 0 fully saturated rings. The van der Waals surface area contributed by atoms with Crippen LogP contribution in [0.4, 0.5) is 4.79 Å². The van der Waals surface area contributed by atoms with E-state index in [4.69, 9.17) is 9.47 Å². The summed E-state index contributed by atoms with van der Waals surface area (Å²) in [6, 6.07) is 9.49. The summed E-state index contributed by atoms with van der Waals surface area (Å²) in [7, 11) is 0. The minimum absolute atomic E-state index is 0.125. The number of unbranched alkanes of at least 4 members (excludes halogenated alkanes) is 3. The number of rotatable bonds is 14. The minimum Gasteiger partial charge on any atom is -0.481 e. The molecular weight excluding hydrogens is 358 g/mol. The van der Waals surface area contributed by atoms with Crippen LogP contribution in [0.15, 0.2) is 30.3 Å². The fourth-order valence-corrected chi connectivity index (χ4v) is 2.91. The topological polar surface area (TPSA) is 84.9 Å². The molecular formula is C22H35NO5. The summed E-state index contributed by atoms with van der Waals surface area (Å²) in [6.07, 6.45) is 4.94. The lowest BCUT2D eigenvalue weighted by molar-refractivity contribution is -0.143. The maximum Gasteiger partial charge on any atom is 0.407 e. The van der Waals surface area contributed by atoms with Crippen LogP contribution >= 0.6 is 0 Å². The summed E-state index contributed by atoms with van der Waals surface area (Å²) in [5.41, 5.74) is 0.928. The highest BCUT2D eigenvalue weighted by Crippen LogP contribution is 2.18. The number of aliphatic carboxylic acids is 1. The molecule has 2 N–H and O–H groups in total. The number of amides is 1. The molecule has 1 aromatic rings. The first kappa shape index (κ1) is 24.0. The van der Waals surface area contributed by atoms with E-state index in [9.17, 15) is 14.7 Å². The van der Waals surface area contributed by atoms with Gasteiger partial charge in [-0.05, 0) is 25.3 Å². The van der Waals surface area contributed by atoms with Crippen LogP contribution < -0.4 is 5.32 Å². The number of carbonyl (C=O) groups is 2. The molecule has 0 saturated carbocycles. The fraction of sp³-hybridized carbons (Fsp3) is 0.636. The second kappa shape index (κ2) is 14.0. The van der Waals surface area contributed by atoms with Crippen LogP contribution in [-0.4, -0.2) is 35.9 Å². The quantitative estimate of drug-likeness (QED) is 0.445. The summed E-state index contributed by atoms with van der Waals surface area (Å²) < 4.78 is 11.2. The van der Waals surface area contributed by atoms with Crippen LogP contribution in [0.3, 0.4) is 0 Å². The molecule has 1 aromatic carbocycles. The highest BCUT2D eigenvalue weighted by molar-refractivity contribution is 5.69. The van der Waals surface area contributed by atoms with Gasteiger partial charge in [0.05, 0.1) is 18.1 Å². The molecule has 6 heteroatoms. The molecule has 0 radical (unpaired) electrons. The number of carboxylic acids is 1. The SMILES string of the molecule is CCCCCC[C@H](C[C@@H](C)C(=O)O)O[C@@H](C)CNC(=O)OCc1ccccc1. The molecule has 0 spiro atoms. The number of ether oxygens (including phenoxy) is 2. The van der Waals surface area contributed by atoms with Crippen molar-refractivity contribution in [3.05, 3.63) is 35.9 Å². The second-order valence-electron chi connectivity index (χ2n) is 7.34. The van der Waals surface area contributed by atoms with E-state index in [2.05, 4.69) is 12.2 Å². The smallest absolute Gasteiger partial charge is 0.407 e. The van der Waals surface area contributed by atoms with E-state index < -0.39 is 18.0 Å². The van der Waals surface area contributed by atoms with Gasteiger partial charge in [-0.25, -0.2) is 4.79 Å². The van der Waals surface area contributed by atoms with Crippen LogP contribution in [0.2, 0.25) is 0 Å². The summed E-state index contributed by atoms with van der Waals surface area (Å²) in [4.78, 5) is 23.0. The van der Waals surface area contributed by atoms with Gasteiger partial charge in [0.25, 0.3) is 0 Å². The summed E-state index contributed by atoms with van der Waals surface area (Å²) in [6.45, 7) is 6.28. The van der Waals surface area contributed by atoms with Crippen molar-refractivity contribution in [3.63, 3.8) is 0 Å². The van der Waals surface area contributed by atoms with Gasteiger partial charge in [0.15, 0.2) is 0 Å². The van der Waals surface area contributed by atoms with E-state index in [0.29, 0.717) is 13.0 Å². The molecule has 0 heterocycles. The van der Waals surface area contributed by atoms with E-state index in [-0.39, 0.29) is 18.8 Å². The third-order valence-electron chi connectivity index (χ3n) is 4.59. The zero-order valence-electron chi connectivity index (χ0n) is 17.4. The largest absolute Gasteiger partial charge is 0.481 e. The van der Waals surface area contributed by atoms with Crippen LogP contribution in [0, 0.1) is 5.92 Å².